The summed E-state index contributed by atoms with van der Waals surface area (Å²) in [5, 5.41) is 9.93. The van der Waals surface area contributed by atoms with Crippen LogP contribution in [-0.4, -0.2) is 68.7 Å². The molecule has 7 heteroatoms. The number of imidazole rings is 1. The molecule has 1 N–H and O–H groups in total. The maximum Gasteiger partial charge on any atom is 0.272 e. The minimum absolute atomic E-state index is 0.000343. The van der Waals surface area contributed by atoms with Crippen molar-refractivity contribution in [2.75, 3.05) is 26.2 Å². The van der Waals surface area contributed by atoms with Crippen molar-refractivity contribution >= 4 is 5.91 Å². The molecule has 2 aliphatic heterocycles. The van der Waals surface area contributed by atoms with Crippen LogP contribution in [0.1, 0.15) is 48.8 Å². The second kappa shape index (κ2) is 9.91. The third-order valence-electron chi connectivity index (χ3n) is 7.68. The van der Waals surface area contributed by atoms with Gasteiger partial charge in [0.2, 0.25) is 0 Å². The molecule has 2 saturated heterocycles. The number of amides is 1. The molecule has 0 unspecified atom stereocenters. The van der Waals surface area contributed by atoms with Gasteiger partial charge < -0.3 is 14.6 Å². The first kappa shape index (κ1) is 23.7. The van der Waals surface area contributed by atoms with Crippen LogP contribution in [0, 0.1) is 11.7 Å². The lowest BCUT2D eigenvalue weighted by Gasteiger charge is -2.41. The molecule has 1 amide bonds. The van der Waals surface area contributed by atoms with Crippen LogP contribution in [0.25, 0.3) is 11.1 Å². The Balaban J connectivity index is 1.35. The number of halogens is 1. The second-order valence-corrected chi connectivity index (χ2v) is 9.98. The van der Waals surface area contributed by atoms with Gasteiger partial charge in [-0.2, -0.15) is 0 Å². The fourth-order valence-electron chi connectivity index (χ4n) is 5.77. The van der Waals surface area contributed by atoms with Crippen molar-refractivity contribution in [1.82, 2.24) is 19.4 Å². The molecule has 2 fully saturated rings. The Kier molecular flexibility index (Phi) is 6.71. The van der Waals surface area contributed by atoms with E-state index in [2.05, 4.69) is 29.8 Å². The van der Waals surface area contributed by atoms with Crippen molar-refractivity contribution in [3.05, 3.63) is 78.1 Å². The Morgan fingerprint density at radius 2 is 1.86 bits per heavy atom. The Labute approximate surface area is 206 Å². The van der Waals surface area contributed by atoms with Gasteiger partial charge in [-0.1, -0.05) is 43.3 Å². The fourth-order valence-corrected chi connectivity index (χ4v) is 5.77. The molecule has 4 atom stereocenters. The third-order valence-corrected chi connectivity index (χ3v) is 7.68. The molecule has 5 rings (SSSR count). The minimum atomic E-state index is -0.263. The zero-order valence-corrected chi connectivity index (χ0v) is 20.3. The average Bonchev–Trinajstić information content (AvgIpc) is 3.53. The van der Waals surface area contributed by atoms with E-state index in [0.29, 0.717) is 30.7 Å². The molecule has 2 aliphatic rings. The standard InChI is InChI=1S/C28H33FN4O2/c1-19-16-32(14-12-26(19)31-13-11-23(34)17-31)28(35)27-15-30-18-33(27)20(2)24-5-3-4-6-25(24)21-7-9-22(29)10-8-21/h3-10,15,18-20,23,26,34H,11-14,16-17H2,1-2H3/t19-,20-,23+,26+/m0/s1. The van der Waals surface area contributed by atoms with Gasteiger partial charge in [0, 0.05) is 32.2 Å². The number of carbonyl (C=O) groups is 1. The zero-order valence-electron chi connectivity index (χ0n) is 20.3. The van der Waals surface area contributed by atoms with Crippen LogP contribution in [0.5, 0.6) is 0 Å². The Bertz CT molecular complexity index is 1180. The van der Waals surface area contributed by atoms with Gasteiger partial charge in [0.25, 0.3) is 5.91 Å². The molecule has 35 heavy (non-hydrogen) atoms. The highest BCUT2D eigenvalue weighted by Gasteiger charge is 2.36. The van der Waals surface area contributed by atoms with Gasteiger partial charge in [-0.25, -0.2) is 9.37 Å². The predicted octanol–water partition coefficient (Wildman–Crippen LogP) is 4.22. The summed E-state index contributed by atoms with van der Waals surface area (Å²) in [7, 11) is 0. The smallest absolute Gasteiger partial charge is 0.272 e. The lowest BCUT2D eigenvalue weighted by Crippen LogP contribution is -2.51. The van der Waals surface area contributed by atoms with E-state index in [-0.39, 0.29) is 23.9 Å². The van der Waals surface area contributed by atoms with E-state index in [9.17, 15) is 14.3 Å². The van der Waals surface area contributed by atoms with Crippen molar-refractivity contribution in [2.24, 2.45) is 5.92 Å². The molecule has 3 aromatic rings. The number of rotatable bonds is 5. The van der Waals surface area contributed by atoms with E-state index in [1.54, 1.807) is 24.7 Å². The zero-order chi connectivity index (χ0) is 24.5. The summed E-state index contributed by atoms with van der Waals surface area (Å²) in [6, 6.07) is 14.8. The van der Waals surface area contributed by atoms with Crippen molar-refractivity contribution in [3.8, 4) is 11.1 Å². The largest absolute Gasteiger partial charge is 0.392 e. The van der Waals surface area contributed by atoms with Gasteiger partial charge in [0.1, 0.15) is 11.5 Å². The number of likely N-dealkylation sites (tertiary alicyclic amines) is 2. The Morgan fingerprint density at radius 3 is 2.57 bits per heavy atom. The van der Waals surface area contributed by atoms with Gasteiger partial charge in [-0.3, -0.25) is 9.69 Å². The Hall–Kier alpha value is -3.03. The summed E-state index contributed by atoms with van der Waals surface area (Å²) in [5.41, 5.74) is 3.57. The molecule has 0 bridgehead atoms. The molecule has 0 spiro atoms. The van der Waals surface area contributed by atoms with Crippen molar-refractivity contribution in [2.45, 2.75) is 44.9 Å². The van der Waals surface area contributed by atoms with Gasteiger partial charge in [-0.05, 0) is 54.5 Å². The molecule has 184 valence electrons. The average molecular weight is 477 g/mol. The highest BCUT2D eigenvalue weighted by molar-refractivity contribution is 5.92. The molecule has 0 aliphatic carbocycles. The third kappa shape index (κ3) is 4.75. The van der Waals surface area contributed by atoms with E-state index >= 15 is 0 Å². The number of hydrogen-bond acceptors (Lipinski definition) is 4. The maximum absolute atomic E-state index is 13.6. The number of piperidine rings is 1. The number of β-amino-alcohol motifs (C(OH)–C–C–N with tert-alkyl or cyclic N) is 1. The van der Waals surface area contributed by atoms with Crippen molar-refractivity contribution in [1.29, 1.82) is 0 Å². The highest BCUT2D eigenvalue weighted by atomic mass is 19.1. The molecule has 3 heterocycles. The first-order valence-corrected chi connectivity index (χ1v) is 12.5. The van der Waals surface area contributed by atoms with Crippen LogP contribution in [0.3, 0.4) is 0 Å². The predicted molar refractivity (Wildman–Crippen MR) is 134 cm³/mol. The van der Waals surface area contributed by atoms with Crippen molar-refractivity contribution < 1.29 is 14.3 Å². The number of nitrogens with zero attached hydrogens (tertiary/aromatic N) is 4. The van der Waals surface area contributed by atoms with Gasteiger partial charge in [-0.15, -0.1) is 0 Å². The summed E-state index contributed by atoms with van der Waals surface area (Å²) >= 11 is 0. The summed E-state index contributed by atoms with van der Waals surface area (Å²) < 4.78 is 15.4. The normalized spacial score (nSPS) is 24.0. The molecular formula is C28H33FN4O2. The quantitative estimate of drug-likeness (QED) is 0.599. The summed E-state index contributed by atoms with van der Waals surface area (Å²) in [4.78, 5) is 22.3. The van der Waals surface area contributed by atoms with E-state index in [0.717, 1.165) is 42.6 Å². The topological polar surface area (TPSA) is 61.6 Å². The van der Waals surface area contributed by atoms with E-state index < -0.39 is 0 Å². The second-order valence-electron chi connectivity index (χ2n) is 9.98. The number of carbonyl (C=O) groups excluding carboxylic acids is 1. The minimum Gasteiger partial charge on any atom is -0.392 e. The van der Waals surface area contributed by atoms with Crippen LogP contribution in [-0.2, 0) is 0 Å². The monoisotopic (exact) mass is 476 g/mol. The van der Waals surface area contributed by atoms with Crippen LogP contribution in [0.15, 0.2) is 61.1 Å². The van der Waals surface area contributed by atoms with Crippen LogP contribution in [0.4, 0.5) is 4.39 Å². The molecule has 2 aromatic carbocycles. The Morgan fingerprint density at radius 1 is 1.09 bits per heavy atom. The maximum atomic E-state index is 13.6. The van der Waals surface area contributed by atoms with Crippen LogP contribution in [0.2, 0.25) is 0 Å². The van der Waals surface area contributed by atoms with Gasteiger partial charge >= 0.3 is 0 Å². The van der Waals surface area contributed by atoms with Crippen molar-refractivity contribution in [3.63, 3.8) is 0 Å². The summed E-state index contributed by atoms with van der Waals surface area (Å²) in [6.45, 7) is 7.33. The van der Waals surface area contributed by atoms with Crippen LogP contribution < -0.4 is 0 Å². The number of aromatic nitrogens is 2. The number of benzene rings is 2. The van der Waals surface area contributed by atoms with E-state index in [1.807, 2.05) is 27.7 Å². The summed E-state index contributed by atoms with van der Waals surface area (Å²) in [5.74, 6) is 0.0760. The lowest BCUT2D eigenvalue weighted by atomic mass is 9.92. The van der Waals surface area contributed by atoms with E-state index in [4.69, 9.17) is 0 Å². The number of hydrogen-bond donors (Lipinski definition) is 1. The van der Waals surface area contributed by atoms with Gasteiger partial charge in [0.05, 0.1) is 24.7 Å². The molecule has 0 radical (unpaired) electrons. The molecule has 0 saturated carbocycles. The fraction of sp³-hybridized carbons (Fsp3) is 0.429. The summed E-state index contributed by atoms with van der Waals surface area (Å²) in [6.07, 6.45) is 4.91. The molecular weight excluding hydrogens is 443 g/mol. The highest BCUT2D eigenvalue weighted by Crippen LogP contribution is 2.32. The SMILES string of the molecule is C[C@H]1CN(C(=O)c2cncn2[C@@H](C)c2ccccc2-c2ccc(F)cc2)CC[C@H]1N1CC[C@@H](O)C1. The lowest BCUT2D eigenvalue weighted by molar-refractivity contribution is 0.0470. The number of aliphatic hydroxyl groups is 1. The molecule has 1 aromatic heterocycles. The number of aliphatic hydroxyl groups excluding tert-OH is 1. The van der Waals surface area contributed by atoms with Crippen LogP contribution >= 0.6 is 0 Å². The van der Waals surface area contributed by atoms with Gasteiger partial charge in [0.15, 0.2) is 0 Å². The first-order chi connectivity index (χ1) is 16.9. The van der Waals surface area contributed by atoms with E-state index in [1.165, 1.54) is 12.1 Å². The molecule has 6 nitrogen and oxygen atoms in total. The first-order valence-electron chi connectivity index (χ1n) is 12.5.